The van der Waals surface area contributed by atoms with Crippen LogP contribution >= 0.6 is 24.8 Å². The molecule has 4 rings (SSSR count). The first-order chi connectivity index (χ1) is 12.7. The van der Waals surface area contributed by atoms with Gasteiger partial charge in [0.25, 0.3) is 0 Å². The van der Waals surface area contributed by atoms with Crippen molar-refractivity contribution in [3.63, 3.8) is 0 Å². The van der Waals surface area contributed by atoms with Gasteiger partial charge in [-0.05, 0) is 25.8 Å². The third-order valence-electron chi connectivity index (χ3n) is 5.67. The lowest BCUT2D eigenvalue weighted by Gasteiger charge is -2.36. The van der Waals surface area contributed by atoms with Crippen LogP contribution in [-0.4, -0.2) is 84.6 Å². The zero-order chi connectivity index (χ0) is 17.9. The first-order valence-corrected chi connectivity index (χ1v) is 9.82. The summed E-state index contributed by atoms with van der Waals surface area (Å²) in [6, 6.07) is 0. The van der Waals surface area contributed by atoms with Gasteiger partial charge in [0.15, 0.2) is 0 Å². The number of fused-ring (bicyclic) bond motifs is 1. The minimum Gasteiger partial charge on any atom is -0.368 e. The van der Waals surface area contributed by atoms with Crippen LogP contribution in [0.1, 0.15) is 24.1 Å². The summed E-state index contributed by atoms with van der Waals surface area (Å²) < 4.78 is 0. The van der Waals surface area contributed by atoms with Crippen LogP contribution in [0.25, 0.3) is 0 Å². The van der Waals surface area contributed by atoms with E-state index in [-0.39, 0.29) is 30.7 Å². The SMILES string of the molecule is Cl.Cl.Nc1nc2c(c(N3CCN(CC(=O)N4CCCC4)CC3)n1)CCNCC2. The fourth-order valence-corrected chi connectivity index (χ4v) is 4.18. The maximum absolute atomic E-state index is 12.4. The van der Waals surface area contributed by atoms with Gasteiger partial charge in [0.05, 0.1) is 12.2 Å². The maximum Gasteiger partial charge on any atom is 0.236 e. The van der Waals surface area contributed by atoms with Gasteiger partial charge in [-0.15, -0.1) is 24.8 Å². The Morgan fingerprint density at radius 3 is 2.36 bits per heavy atom. The Morgan fingerprint density at radius 2 is 1.64 bits per heavy atom. The molecule has 0 atom stereocenters. The molecule has 158 valence electrons. The van der Waals surface area contributed by atoms with E-state index in [1.54, 1.807) is 0 Å². The van der Waals surface area contributed by atoms with Crippen molar-refractivity contribution in [2.24, 2.45) is 0 Å². The molecular weight excluding hydrogens is 401 g/mol. The lowest BCUT2D eigenvalue weighted by Crippen LogP contribution is -2.50. The number of nitrogen functional groups attached to an aromatic ring is 1. The number of hydrogen-bond acceptors (Lipinski definition) is 7. The summed E-state index contributed by atoms with van der Waals surface area (Å²) in [6.45, 7) is 7.83. The number of piperazine rings is 1. The van der Waals surface area contributed by atoms with Crippen LogP contribution in [0.2, 0.25) is 0 Å². The normalized spacial score (nSPS) is 20.0. The molecule has 1 aromatic rings. The van der Waals surface area contributed by atoms with E-state index in [1.165, 1.54) is 5.56 Å². The summed E-state index contributed by atoms with van der Waals surface area (Å²) in [5.41, 5.74) is 8.30. The lowest BCUT2D eigenvalue weighted by atomic mass is 10.1. The molecule has 10 heteroatoms. The number of likely N-dealkylation sites (tertiary alicyclic amines) is 1. The number of nitrogens with one attached hydrogen (secondary N) is 1. The lowest BCUT2D eigenvalue weighted by molar-refractivity contribution is -0.131. The van der Waals surface area contributed by atoms with Crippen LogP contribution in [0.5, 0.6) is 0 Å². The van der Waals surface area contributed by atoms with Gasteiger partial charge in [-0.3, -0.25) is 9.69 Å². The monoisotopic (exact) mass is 431 g/mol. The molecule has 28 heavy (non-hydrogen) atoms. The molecule has 0 aliphatic carbocycles. The molecule has 3 aliphatic heterocycles. The number of rotatable bonds is 3. The van der Waals surface area contributed by atoms with Gasteiger partial charge in [0.2, 0.25) is 11.9 Å². The topological polar surface area (TPSA) is 90.6 Å². The fourth-order valence-electron chi connectivity index (χ4n) is 4.18. The smallest absolute Gasteiger partial charge is 0.236 e. The van der Waals surface area contributed by atoms with Crippen LogP contribution < -0.4 is 16.0 Å². The van der Waals surface area contributed by atoms with E-state index in [2.05, 4.69) is 25.1 Å². The number of carbonyl (C=O) groups excluding carboxylic acids is 1. The standard InChI is InChI=1S/C18H29N7O.2ClH/c19-18-21-15-4-6-20-5-3-14(15)17(22-18)25-11-9-23(10-12-25)13-16(26)24-7-1-2-8-24;;/h20H,1-13H2,(H2,19,21,22);2*1H. The van der Waals surface area contributed by atoms with Gasteiger partial charge in [0.1, 0.15) is 5.82 Å². The van der Waals surface area contributed by atoms with Crippen molar-refractivity contribution in [2.45, 2.75) is 25.7 Å². The fraction of sp³-hybridized carbons (Fsp3) is 0.722. The summed E-state index contributed by atoms with van der Waals surface area (Å²) in [5, 5.41) is 3.42. The number of halogens is 2. The van der Waals surface area contributed by atoms with E-state index >= 15 is 0 Å². The van der Waals surface area contributed by atoms with Gasteiger partial charge < -0.3 is 20.9 Å². The van der Waals surface area contributed by atoms with Crippen molar-refractivity contribution in [2.75, 3.05) is 69.5 Å². The summed E-state index contributed by atoms with van der Waals surface area (Å²) in [5.74, 6) is 1.65. The zero-order valence-corrected chi connectivity index (χ0v) is 17.9. The summed E-state index contributed by atoms with van der Waals surface area (Å²) in [6.07, 6.45) is 4.14. The van der Waals surface area contributed by atoms with Gasteiger partial charge in [-0.25, -0.2) is 4.98 Å². The van der Waals surface area contributed by atoms with Gasteiger partial charge in [-0.1, -0.05) is 0 Å². The Balaban J connectivity index is 0.00000140. The molecule has 2 saturated heterocycles. The molecule has 1 aromatic heterocycles. The van der Waals surface area contributed by atoms with E-state index in [0.29, 0.717) is 12.5 Å². The number of aromatic nitrogens is 2. The second-order valence-electron chi connectivity index (χ2n) is 7.43. The second-order valence-corrected chi connectivity index (χ2v) is 7.43. The second kappa shape index (κ2) is 10.4. The molecule has 8 nitrogen and oxygen atoms in total. The molecule has 0 aromatic carbocycles. The molecule has 1 amide bonds. The first kappa shape index (κ1) is 22.9. The summed E-state index contributed by atoms with van der Waals surface area (Å²) in [4.78, 5) is 28.0. The van der Waals surface area contributed by atoms with E-state index in [9.17, 15) is 4.79 Å². The van der Waals surface area contributed by atoms with E-state index in [1.807, 2.05) is 4.90 Å². The van der Waals surface area contributed by atoms with Gasteiger partial charge in [0, 0.05) is 57.8 Å². The maximum atomic E-state index is 12.4. The molecule has 0 bridgehead atoms. The van der Waals surface area contributed by atoms with E-state index in [4.69, 9.17) is 5.73 Å². The van der Waals surface area contributed by atoms with Crippen molar-refractivity contribution >= 4 is 42.5 Å². The van der Waals surface area contributed by atoms with Crippen LogP contribution in [0.4, 0.5) is 11.8 Å². The highest BCUT2D eigenvalue weighted by atomic mass is 35.5. The number of hydrogen-bond donors (Lipinski definition) is 2. The van der Waals surface area contributed by atoms with Gasteiger partial charge in [-0.2, -0.15) is 4.98 Å². The quantitative estimate of drug-likeness (QED) is 0.712. The predicted molar refractivity (Wildman–Crippen MR) is 116 cm³/mol. The van der Waals surface area contributed by atoms with Crippen LogP contribution in [0.3, 0.4) is 0 Å². The number of nitrogens with zero attached hydrogens (tertiary/aromatic N) is 5. The van der Waals surface area contributed by atoms with Crippen LogP contribution in [0, 0.1) is 0 Å². The Labute approximate surface area is 179 Å². The Kier molecular flexibility index (Phi) is 8.55. The minimum atomic E-state index is 0. The summed E-state index contributed by atoms with van der Waals surface area (Å²) in [7, 11) is 0. The van der Waals surface area contributed by atoms with Gasteiger partial charge >= 0.3 is 0 Å². The van der Waals surface area contributed by atoms with Crippen molar-refractivity contribution in [1.29, 1.82) is 0 Å². The average Bonchev–Trinajstić information content (AvgIpc) is 3.08. The van der Waals surface area contributed by atoms with Crippen molar-refractivity contribution < 1.29 is 4.79 Å². The molecule has 0 spiro atoms. The first-order valence-electron chi connectivity index (χ1n) is 9.82. The molecule has 0 unspecified atom stereocenters. The number of carbonyl (C=O) groups is 1. The Bertz CT molecular complexity index is 662. The molecule has 0 saturated carbocycles. The zero-order valence-electron chi connectivity index (χ0n) is 16.2. The van der Waals surface area contributed by atoms with Crippen molar-refractivity contribution in [3.05, 3.63) is 11.3 Å². The third kappa shape index (κ3) is 5.17. The largest absolute Gasteiger partial charge is 0.368 e. The molecule has 4 heterocycles. The molecule has 3 aliphatic rings. The molecule has 3 N–H and O–H groups in total. The Morgan fingerprint density at radius 1 is 0.964 bits per heavy atom. The summed E-state index contributed by atoms with van der Waals surface area (Å²) >= 11 is 0. The molecular formula is C18H31Cl2N7O. The highest BCUT2D eigenvalue weighted by Crippen LogP contribution is 2.25. The Hall–Kier alpha value is -1.35. The van der Waals surface area contributed by atoms with Crippen molar-refractivity contribution in [1.82, 2.24) is 25.1 Å². The number of amides is 1. The molecule has 2 fully saturated rings. The van der Waals surface area contributed by atoms with E-state index < -0.39 is 0 Å². The average molecular weight is 432 g/mol. The van der Waals surface area contributed by atoms with Crippen molar-refractivity contribution in [3.8, 4) is 0 Å². The third-order valence-corrected chi connectivity index (χ3v) is 5.67. The highest BCUT2D eigenvalue weighted by molar-refractivity contribution is 5.85. The van der Waals surface area contributed by atoms with Crippen LogP contribution in [-0.2, 0) is 17.6 Å². The predicted octanol–water partition coefficient (Wildman–Crippen LogP) is 0.335. The minimum absolute atomic E-state index is 0. The highest BCUT2D eigenvalue weighted by Gasteiger charge is 2.26. The van der Waals surface area contributed by atoms with E-state index in [0.717, 1.165) is 89.6 Å². The number of nitrogens with two attached hydrogens (primary N) is 1. The molecule has 0 radical (unpaired) electrons. The number of anilines is 2. The van der Waals surface area contributed by atoms with Crippen LogP contribution in [0.15, 0.2) is 0 Å².